The molecule has 8 nitrogen and oxygen atoms in total. The molecule has 0 aromatic heterocycles. The monoisotopic (exact) mass is 545 g/mol. The van der Waals surface area contributed by atoms with Crippen LogP contribution < -0.4 is 14.4 Å². The summed E-state index contributed by atoms with van der Waals surface area (Å²) < 4.78 is 32.3. The second-order valence-corrected chi connectivity index (χ2v) is 12.4. The molecule has 0 aliphatic carbocycles. The van der Waals surface area contributed by atoms with Crippen LogP contribution in [0.2, 0.25) is 0 Å². The number of rotatable bonds is 13. The topological polar surface area (TPSA) is 96.0 Å². The van der Waals surface area contributed by atoms with Gasteiger partial charge < -0.3 is 15.0 Å². The zero-order valence-corrected chi connectivity index (χ0v) is 24.6. The van der Waals surface area contributed by atoms with E-state index in [-0.39, 0.29) is 31.2 Å². The minimum absolute atomic E-state index is 0.0913. The number of carbonyl (C=O) groups is 2. The molecule has 9 heteroatoms. The number of anilines is 1. The van der Waals surface area contributed by atoms with Crippen molar-refractivity contribution in [3.8, 4) is 5.75 Å². The Balaban J connectivity index is 2.29. The molecule has 0 spiro atoms. The highest BCUT2D eigenvalue weighted by atomic mass is 32.2. The average Bonchev–Trinajstić information content (AvgIpc) is 2.81. The van der Waals surface area contributed by atoms with Gasteiger partial charge in [0, 0.05) is 25.0 Å². The van der Waals surface area contributed by atoms with Crippen molar-refractivity contribution >= 4 is 27.5 Å². The Morgan fingerprint density at radius 1 is 1.03 bits per heavy atom. The summed E-state index contributed by atoms with van der Waals surface area (Å²) in [6.45, 7) is 12.2. The first-order valence-corrected chi connectivity index (χ1v) is 15.0. The van der Waals surface area contributed by atoms with E-state index in [0.717, 1.165) is 17.4 Å². The van der Waals surface area contributed by atoms with E-state index in [2.05, 4.69) is 5.32 Å². The van der Waals surface area contributed by atoms with Crippen LogP contribution in [0.3, 0.4) is 0 Å². The predicted molar refractivity (Wildman–Crippen MR) is 153 cm³/mol. The molecule has 1 atom stereocenters. The Morgan fingerprint density at radius 3 is 2.24 bits per heavy atom. The van der Waals surface area contributed by atoms with E-state index in [0.29, 0.717) is 31.0 Å². The Bertz CT molecular complexity index is 1190. The van der Waals surface area contributed by atoms with Crippen molar-refractivity contribution in [2.24, 2.45) is 0 Å². The van der Waals surface area contributed by atoms with Gasteiger partial charge in [0.15, 0.2) is 0 Å². The maximum Gasteiger partial charge on any atom is 0.243 e. The second kappa shape index (κ2) is 13.6. The Kier molecular flexibility index (Phi) is 11.2. The molecule has 0 aliphatic heterocycles. The van der Waals surface area contributed by atoms with E-state index in [1.165, 1.54) is 4.31 Å². The van der Waals surface area contributed by atoms with Crippen LogP contribution in [0.15, 0.2) is 48.5 Å². The molecule has 2 aromatic carbocycles. The number of benzene rings is 2. The van der Waals surface area contributed by atoms with Crippen LogP contribution in [0.1, 0.15) is 65.0 Å². The number of hydrogen-bond acceptors (Lipinski definition) is 5. The molecule has 38 heavy (non-hydrogen) atoms. The van der Waals surface area contributed by atoms with Gasteiger partial charge in [-0.3, -0.25) is 13.9 Å². The highest BCUT2D eigenvalue weighted by Gasteiger charge is 2.31. The molecule has 210 valence electrons. The number of amides is 2. The fourth-order valence-corrected chi connectivity index (χ4v) is 5.24. The molecule has 2 aromatic rings. The first kappa shape index (κ1) is 31.1. The smallest absolute Gasteiger partial charge is 0.243 e. The molecule has 0 aliphatic rings. The van der Waals surface area contributed by atoms with Gasteiger partial charge in [-0.1, -0.05) is 43.3 Å². The molecule has 0 heterocycles. The molecule has 2 amide bonds. The molecule has 1 N–H and O–H groups in total. The Morgan fingerprint density at radius 2 is 1.66 bits per heavy atom. The minimum atomic E-state index is -3.62. The second-order valence-electron chi connectivity index (χ2n) is 10.5. The van der Waals surface area contributed by atoms with Gasteiger partial charge in [-0.2, -0.15) is 0 Å². The van der Waals surface area contributed by atoms with E-state index in [1.54, 1.807) is 29.2 Å². The lowest BCUT2D eigenvalue weighted by Gasteiger charge is -2.33. The van der Waals surface area contributed by atoms with Gasteiger partial charge in [0.05, 0.1) is 18.6 Å². The van der Waals surface area contributed by atoms with Crippen LogP contribution in [-0.4, -0.2) is 56.1 Å². The normalized spacial score (nSPS) is 12.5. The number of hydrogen-bond donors (Lipinski definition) is 1. The minimum Gasteiger partial charge on any atom is -0.492 e. The number of carbonyl (C=O) groups excluding carboxylic acids is 2. The molecular formula is C29H43N3O5S. The molecule has 0 radical (unpaired) electrons. The first-order chi connectivity index (χ1) is 17.8. The van der Waals surface area contributed by atoms with Crippen LogP contribution in [0, 0.1) is 6.92 Å². The Labute approximate surface area is 228 Å². The van der Waals surface area contributed by atoms with Crippen LogP contribution in [0.4, 0.5) is 5.69 Å². The van der Waals surface area contributed by atoms with Crippen LogP contribution in [0.5, 0.6) is 5.75 Å². The summed E-state index contributed by atoms with van der Waals surface area (Å²) >= 11 is 0. The van der Waals surface area contributed by atoms with Crippen molar-refractivity contribution in [3.63, 3.8) is 0 Å². The fraction of sp³-hybridized carbons (Fsp3) is 0.517. The molecule has 0 bridgehead atoms. The summed E-state index contributed by atoms with van der Waals surface area (Å²) in [5, 5.41) is 3.01. The third-order valence-electron chi connectivity index (χ3n) is 6.07. The van der Waals surface area contributed by atoms with Gasteiger partial charge in [-0.25, -0.2) is 8.42 Å². The molecule has 0 fully saturated rings. The third-order valence-corrected chi connectivity index (χ3v) is 7.25. The fourth-order valence-electron chi connectivity index (χ4n) is 4.27. The molecule has 0 saturated heterocycles. The van der Waals surface area contributed by atoms with Gasteiger partial charge in [-0.15, -0.1) is 0 Å². The lowest BCUT2D eigenvalue weighted by atomic mass is 10.0. The van der Waals surface area contributed by atoms with E-state index < -0.39 is 21.6 Å². The summed E-state index contributed by atoms with van der Waals surface area (Å²) in [4.78, 5) is 28.4. The van der Waals surface area contributed by atoms with E-state index >= 15 is 0 Å². The van der Waals surface area contributed by atoms with Crippen molar-refractivity contribution in [3.05, 3.63) is 59.7 Å². The van der Waals surface area contributed by atoms with Gasteiger partial charge in [0.25, 0.3) is 0 Å². The van der Waals surface area contributed by atoms with Crippen molar-refractivity contribution < 1.29 is 22.7 Å². The summed E-state index contributed by atoms with van der Waals surface area (Å²) in [5.74, 6) is 0.0684. The predicted octanol–water partition coefficient (Wildman–Crippen LogP) is 4.66. The number of ether oxygens (including phenoxy) is 1. The van der Waals surface area contributed by atoms with Crippen LogP contribution in [-0.2, 0) is 26.2 Å². The third kappa shape index (κ3) is 9.04. The largest absolute Gasteiger partial charge is 0.492 e. The van der Waals surface area contributed by atoms with Crippen LogP contribution >= 0.6 is 0 Å². The number of sulfonamides is 1. The first-order valence-electron chi connectivity index (χ1n) is 13.1. The quantitative estimate of drug-likeness (QED) is 0.395. The van der Waals surface area contributed by atoms with Gasteiger partial charge in [0.1, 0.15) is 11.8 Å². The van der Waals surface area contributed by atoms with Crippen LogP contribution in [0.25, 0.3) is 0 Å². The SMILES string of the molecule is CCOc1ccccc1N(CCCC(=O)N(Cc1ccccc1C)[C@@H](CC)C(=O)NC(C)(C)C)S(C)(=O)=O. The highest BCUT2D eigenvalue weighted by Crippen LogP contribution is 2.30. The van der Waals surface area contributed by atoms with Gasteiger partial charge in [0.2, 0.25) is 21.8 Å². The lowest BCUT2D eigenvalue weighted by Crippen LogP contribution is -2.53. The number of aryl methyl sites for hydroxylation is 1. The molecule has 0 saturated carbocycles. The number of nitrogens with one attached hydrogen (secondary N) is 1. The number of nitrogens with zero attached hydrogens (tertiary/aromatic N) is 2. The summed E-state index contributed by atoms with van der Waals surface area (Å²) in [5.41, 5.74) is 2.00. The van der Waals surface area contributed by atoms with Crippen molar-refractivity contribution in [1.29, 1.82) is 0 Å². The van der Waals surface area contributed by atoms with E-state index in [1.807, 2.05) is 65.8 Å². The standard InChI is InChI=1S/C29H43N3O5S/c1-8-24(28(34)30-29(4,5)6)31(21-23-16-11-10-15-22(23)3)27(33)19-14-20-32(38(7,35)36)25-17-12-13-18-26(25)37-9-2/h10-13,15-18,24H,8-9,14,19-21H2,1-7H3,(H,30,34)/t24-/m0/s1. The molecule has 0 unspecified atom stereocenters. The highest BCUT2D eigenvalue weighted by molar-refractivity contribution is 7.92. The lowest BCUT2D eigenvalue weighted by molar-refractivity contribution is -0.142. The van der Waals surface area contributed by atoms with Gasteiger partial charge >= 0.3 is 0 Å². The van der Waals surface area contributed by atoms with Gasteiger partial charge in [-0.05, 0) is 70.7 Å². The molecule has 2 rings (SSSR count). The maximum absolute atomic E-state index is 13.6. The van der Waals surface area contributed by atoms with Crippen molar-refractivity contribution in [2.75, 3.05) is 23.7 Å². The van der Waals surface area contributed by atoms with Crippen molar-refractivity contribution in [1.82, 2.24) is 10.2 Å². The zero-order valence-electron chi connectivity index (χ0n) is 23.8. The number of para-hydroxylation sites is 2. The zero-order chi connectivity index (χ0) is 28.5. The summed E-state index contributed by atoms with van der Waals surface area (Å²) in [6.07, 6.45) is 1.98. The summed E-state index contributed by atoms with van der Waals surface area (Å²) in [6, 6.07) is 14.1. The van der Waals surface area contributed by atoms with E-state index in [9.17, 15) is 18.0 Å². The maximum atomic E-state index is 13.6. The molecular weight excluding hydrogens is 502 g/mol. The van der Waals surface area contributed by atoms with Crippen molar-refractivity contribution in [2.45, 2.75) is 78.9 Å². The van der Waals surface area contributed by atoms with E-state index in [4.69, 9.17) is 4.74 Å². The summed E-state index contributed by atoms with van der Waals surface area (Å²) in [7, 11) is -3.62. The Hall–Kier alpha value is -3.07. The average molecular weight is 546 g/mol.